The molecule has 1 aromatic heterocycles. The summed E-state index contributed by atoms with van der Waals surface area (Å²) in [6.45, 7) is 0. The van der Waals surface area contributed by atoms with Crippen LogP contribution in [0.2, 0.25) is 0 Å². The quantitative estimate of drug-likeness (QED) is 0.865. The number of aryl methyl sites for hydroxylation is 1. The molecule has 2 rings (SSSR count). The van der Waals surface area contributed by atoms with Crippen LogP contribution in [0.3, 0.4) is 0 Å². The number of amides is 1. The first-order valence-corrected chi connectivity index (χ1v) is 5.80. The van der Waals surface area contributed by atoms with Crippen LogP contribution in [0.1, 0.15) is 5.56 Å². The largest absolute Gasteiger partial charge is 0.497 e. The highest BCUT2D eigenvalue weighted by Gasteiger charge is 2.10. The van der Waals surface area contributed by atoms with Crippen molar-refractivity contribution in [3.05, 3.63) is 36.0 Å². The van der Waals surface area contributed by atoms with Crippen LogP contribution < -0.4 is 15.8 Å². The Balaban J connectivity index is 2.01. The van der Waals surface area contributed by atoms with Crippen molar-refractivity contribution in [3.8, 4) is 5.75 Å². The first kappa shape index (κ1) is 12.9. The van der Waals surface area contributed by atoms with E-state index in [0.29, 0.717) is 11.5 Å². The van der Waals surface area contributed by atoms with E-state index in [2.05, 4.69) is 10.4 Å². The standard InChI is InChI=1S/C13H16N4O2/c1-17-13(11(14)8-15-17)16-12(18)7-9-3-5-10(19-2)6-4-9/h3-6,8H,7,14H2,1-2H3,(H,16,18). The maximum atomic E-state index is 11.9. The second kappa shape index (κ2) is 5.43. The van der Waals surface area contributed by atoms with Gasteiger partial charge in [0.1, 0.15) is 5.75 Å². The van der Waals surface area contributed by atoms with Gasteiger partial charge in [0.2, 0.25) is 5.91 Å². The van der Waals surface area contributed by atoms with E-state index in [1.165, 1.54) is 10.9 Å². The van der Waals surface area contributed by atoms with Gasteiger partial charge in [-0.3, -0.25) is 9.48 Å². The molecule has 0 bridgehead atoms. The minimum atomic E-state index is -0.138. The Hall–Kier alpha value is -2.50. The summed E-state index contributed by atoms with van der Waals surface area (Å²) in [5, 5.41) is 6.70. The Labute approximate surface area is 111 Å². The fourth-order valence-corrected chi connectivity index (χ4v) is 1.71. The summed E-state index contributed by atoms with van der Waals surface area (Å²) in [5.41, 5.74) is 7.06. The molecule has 0 atom stereocenters. The molecule has 0 fully saturated rings. The number of nitrogen functional groups attached to an aromatic ring is 1. The highest BCUT2D eigenvalue weighted by molar-refractivity contribution is 5.93. The summed E-state index contributed by atoms with van der Waals surface area (Å²) in [6.07, 6.45) is 1.78. The molecule has 1 aromatic carbocycles. The Morgan fingerprint density at radius 1 is 1.42 bits per heavy atom. The number of nitrogens with two attached hydrogens (primary N) is 1. The number of carbonyl (C=O) groups is 1. The van der Waals surface area contributed by atoms with E-state index in [0.717, 1.165) is 11.3 Å². The topological polar surface area (TPSA) is 82.2 Å². The van der Waals surface area contributed by atoms with Crippen LogP contribution in [0, 0.1) is 0 Å². The molecule has 0 unspecified atom stereocenters. The van der Waals surface area contributed by atoms with E-state index < -0.39 is 0 Å². The molecular formula is C13H16N4O2. The lowest BCUT2D eigenvalue weighted by Gasteiger charge is -2.07. The molecule has 0 aliphatic rings. The van der Waals surface area contributed by atoms with Crippen LogP contribution in [-0.4, -0.2) is 22.8 Å². The van der Waals surface area contributed by atoms with Gasteiger partial charge in [-0.2, -0.15) is 5.10 Å². The molecule has 1 heterocycles. The van der Waals surface area contributed by atoms with Crippen LogP contribution in [0.15, 0.2) is 30.5 Å². The highest BCUT2D eigenvalue weighted by atomic mass is 16.5. The van der Waals surface area contributed by atoms with Gasteiger partial charge in [-0.25, -0.2) is 0 Å². The predicted molar refractivity (Wildman–Crippen MR) is 72.9 cm³/mol. The molecule has 0 spiro atoms. The van der Waals surface area contributed by atoms with Gasteiger partial charge in [-0.15, -0.1) is 0 Å². The molecule has 19 heavy (non-hydrogen) atoms. The molecule has 6 heteroatoms. The van der Waals surface area contributed by atoms with Gasteiger partial charge < -0.3 is 15.8 Å². The minimum absolute atomic E-state index is 0.138. The van der Waals surface area contributed by atoms with Gasteiger partial charge in [0, 0.05) is 7.05 Å². The number of carbonyl (C=O) groups excluding carboxylic acids is 1. The lowest BCUT2D eigenvalue weighted by atomic mass is 10.1. The van der Waals surface area contributed by atoms with Crippen molar-refractivity contribution in [1.82, 2.24) is 9.78 Å². The summed E-state index contributed by atoms with van der Waals surface area (Å²) in [5.74, 6) is 1.14. The van der Waals surface area contributed by atoms with E-state index >= 15 is 0 Å². The first-order chi connectivity index (χ1) is 9.10. The Bertz CT molecular complexity index is 555. The van der Waals surface area contributed by atoms with Crippen molar-refractivity contribution in [2.45, 2.75) is 6.42 Å². The summed E-state index contributed by atoms with van der Waals surface area (Å²) < 4.78 is 6.59. The molecule has 3 N–H and O–H groups in total. The van der Waals surface area contributed by atoms with Crippen LogP contribution in [0.4, 0.5) is 11.5 Å². The number of nitrogens with one attached hydrogen (secondary N) is 1. The monoisotopic (exact) mass is 260 g/mol. The van der Waals surface area contributed by atoms with Gasteiger partial charge in [-0.1, -0.05) is 12.1 Å². The normalized spacial score (nSPS) is 10.2. The van der Waals surface area contributed by atoms with Crippen molar-refractivity contribution in [1.29, 1.82) is 0 Å². The fourth-order valence-electron chi connectivity index (χ4n) is 1.71. The molecule has 0 aliphatic carbocycles. The second-order valence-electron chi connectivity index (χ2n) is 4.15. The predicted octanol–water partition coefficient (Wildman–Crippen LogP) is 1.19. The zero-order valence-electron chi connectivity index (χ0n) is 10.9. The number of hydrogen-bond acceptors (Lipinski definition) is 4. The minimum Gasteiger partial charge on any atom is -0.497 e. The Morgan fingerprint density at radius 3 is 2.63 bits per heavy atom. The first-order valence-electron chi connectivity index (χ1n) is 5.80. The molecule has 6 nitrogen and oxygen atoms in total. The van der Waals surface area contributed by atoms with Crippen LogP contribution in [0.5, 0.6) is 5.75 Å². The van der Waals surface area contributed by atoms with Crippen molar-refractivity contribution in [2.75, 3.05) is 18.2 Å². The molecule has 0 radical (unpaired) electrons. The van der Waals surface area contributed by atoms with Crippen LogP contribution in [-0.2, 0) is 18.3 Å². The zero-order chi connectivity index (χ0) is 13.8. The zero-order valence-corrected chi connectivity index (χ0v) is 10.9. The summed E-state index contributed by atoms with van der Waals surface area (Å²) >= 11 is 0. The lowest BCUT2D eigenvalue weighted by molar-refractivity contribution is -0.115. The number of anilines is 2. The molecule has 1 amide bonds. The number of ether oxygens (including phenoxy) is 1. The fraction of sp³-hybridized carbons (Fsp3) is 0.231. The van der Waals surface area contributed by atoms with E-state index in [9.17, 15) is 4.79 Å². The third-order valence-corrected chi connectivity index (χ3v) is 2.75. The average molecular weight is 260 g/mol. The summed E-state index contributed by atoms with van der Waals surface area (Å²) in [7, 11) is 3.33. The van der Waals surface area contributed by atoms with Gasteiger partial charge in [0.05, 0.1) is 25.4 Å². The summed E-state index contributed by atoms with van der Waals surface area (Å²) in [4.78, 5) is 11.9. The molecule has 2 aromatic rings. The van der Waals surface area contributed by atoms with Crippen molar-refractivity contribution in [3.63, 3.8) is 0 Å². The SMILES string of the molecule is COc1ccc(CC(=O)Nc2c(N)cnn2C)cc1. The molecule has 0 aliphatic heterocycles. The third-order valence-electron chi connectivity index (χ3n) is 2.75. The number of methoxy groups -OCH3 is 1. The van der Waals surface area contributed by atoms with Crippen molar-refractivity contribution >= 4 is 17.4 Å². The smallest absolute Gasteiger partial charge is 0.229 e. The van der Waals surface area contributed by atoms with Gasteiger partial charge in [-0.05, 0) is 17.7 Å². The van der Waals surface area contributed by atoms with E-state index in [1.807, 2.05) is 24.3 Å². The Morgan fingerprint density at radius 2 is 2.11 bits per heavy atom. The molecule has 100 valence electrons. The number of benzene rings is 1. The molecule has 0 saturated carbocycles. The maximum absolute atomic E-state index is 11.9. The van der Waals surface area contributed by atoms with Crippen molar-refractivity contribution < 1.29 is 9.53 Å². The van der Waals surface area contributed by atoms with E-state index in [1.54, 1.807) is 14.2 Å². The number of aromatic nitrogens is 2. The Kier molecular flexibility index (Phi) is 3.70. The van der Waals surface area contributed by atoms with Gasteiger partial charge in [0.15, 0.2) is 5.82 Å². The van der Waals surface area contributed by atoms with Gasteiger partial charge in [0.25, 0.3) is 0 Å². The maximum Gasteiger partial charge on any atom is 0.229 e. The summed E-state index contributed by atoms with van der Waals surface area (Å²) in [6, 6.07) is 7.35. The second-order valence-corrected chi connectivity index (χ2v) is 4.15. The van der Waals surface area contributed by atoms with Crippen molar-refractivity contribution in [2.24, 2.45) is 7.05 Å². The molecule has 0 saturated heterocycles. The van der Waals surface area contributed by atoms with Crippen LogP contribution in [0.25, 0.3) is 0 Å². The lowest BCUT2D eigenvalue weighted by Crippen LogP contribution is -2.17. The molecular weight excluding hydrogens is 244 g/mol. The number of nitrogens with zero attached hydrogens (tertiary/aromatic N) is 2. The third kappa shape index (κ3) is 3.04. The number of rotatable bonds is 4. The average Bonchev–Trinajstić information content (AvgIpc) is 2.71. The van der Waals surface area contributed by atoms with E-state index in [4.69, 9.17) is 10.5 Å². The highest BCUT2D eigenvalue weighted by Crippen LogP contribution is 2.17. The number of hydrogen-bond donors (Lipinski definition) is 2. The van der Waals surface area contributed by atoms with Crippen LogP contribution >= 0.6 is 0 Å². The van der Waals surface area contributed by atoms with Gasteiger partial charge >= 0.3 is 0 Å². The van der Waals surface area contributed by atoms with E-state index in [-0.39, 0.29) is 12.3 Å².